The van der Waals surface area contributed by atoms with Gasteiger partial charge in [0.05, 0.1) is 8.07 Å². The summed E-state index contributed by atoms with van der Waals surface area (Å²) in [6, 6.07) is 1.32. The van der Waals surface area contributed by atoms with Crippen LogP contribution in [0.25, 0.3) is 0 Å². The molecule has 0 N–H and O–H groups in total. The highest BCUT2D eigenvalue weighted by molar-refractivity contribution is 6.77. The van der Waals surface area contributed by atoms with Crippen LogP contribution in [-0.2, 0) is 0 Å². The Labute approximate surface area is 84.8 Å². The lowest BCUT2D eigenvalue weighted by Gasteiger charge is -2.27. The molecule has 0 bridgehead atoms. The molecule has 0 atom stereocenters. The van der Waals surface area contributed by atoms with E-state index in [1.54, 1.807) is 0 Å². The Morgan fingerprint density at radius 1 is 1.31 bits per heavy atom. The maximum atomic E-state index is 2.48. The van der Waals surface area contributed by atoms with Crippen LogP contribution in [0.5, 0.6) is 0 Å². The van der Waals surface area contributed by atoms with Crippen LogP contribution >= 0.6 is 0 Å². The lowest BCUT2D eigenvalue weighted by atomic mass is 10.5. The van der Waals surface area contributed by atoms with E-state index in [0.29, 0.717) is 0 Å². The molecule has 0 heterocycles. The normalized spacial score (nSPS) is 13.1. The third-order valence-corrected chi connectivity index (χ3v) is 4.95. The van der Waals surface area contributed by atoms with Crippen LogP contribution in [0.1, 0.15) is 20.3 Å². The zero-order valence-electron chi connectivity index (χ0n) is 9.93. The average molecular weight is 199 g/mol. The molecule has 0 saturated heterocycles. The van der Waals surface area contributed by atoms with E-state index in [1.165, 1.54) is 25.2 Å². The standard InChI is InChI=1S/C11H25NSi/c1-6-8-10-13(4,5)11-12(3)9-7-2/h6,8H,7,9-11H2,1-5H3. The van der Waals surface area contributed by atoms with E-state index in [2.05, 4.69) is 51.0 Å². The second-order valence-corrected chi connectivity index (χ2v) is 9.73. The van der Waals surface area contributed by atoms with Gasteiger partial charge in [-0.05, 0) is 39.1 Å². The lowest BCUT2D eigenvalue weighted by molar-refractivity contribution is 0.381. The first-order valence-electron chi connectivity index (χ1n) is 5.31. The molecule has 0 saturated carbocycles. The van der Waals surface area contributed by atoms with Crippen LogP contribution in [0, 0.1) is 0 Å². The minimum Gasteiger partial charge on any atom is -0.309 e. The first-order chi connectivity index (χ1) is 6.02. The van der Waals surface area contributed by atoms with Gasteiger partial charge < -0.3 is 4.90 Å². The Bertz CT molecular complexity index is 152. The number of nitrogens with zero attached hydrogens (tertiary/aromatic N) is 1. The quantitative estimate of drug-likeness (QED) is 0.469. The van der Waals surface area contributed by atoms with Crippen molar-refractivity contribution < 1.29 is 0 Å². The third-order valence-electron chi connectivity index (χ3n) is 2.21. The summed E-state index contributed by atoms with van der Waals surface area (Å²) in [5.74, 6) is 0. The topological polar surface area (TPSA) is 3.24 Å². The molecule has 0 aromatic heterocycles. The summed E-state index contributed by atoms with van der Waals surface area (Å²) in [5, 5.41) is 0. The Morgan fingerprint density at radius 3 is 2.38 bits per heavy atom. The molecule has 0 fully saturated rings. The van der Waals surface area contributed by atoms with Crippen molar-refractivity contribution in [3.63, 3.8) is 0 Å². The molecule has 0 aliphatic rings. The van der Waals surface area contributed by atoms with Gasteiger partial charge in [-0.3, -0.25) is 0 Å². The van der Waals surface area contributed by atoms with Gasteiger partial charge in [-0.15, -0.1) is 0 Å². The van der Waals surface area contributed by atoms with Crippen LogP contribution in [0.3, 0.4) is 0 Å². The summed E-state index contributed by atoms with van der Waals surface area (Å²) in [5.41, 5.74) is 0. The van der Waals surface area contributed by atoms with Crippen molar-refractivity contribution in [1.29, 1.82) is 0 Å². The van der Waals surface area contributed by atoms with Gasteiger partial charge in [0, 0.05) is 0 Å². The van der Waals surface area contributed by atoms with E-state index in [4.69, 9.17) is 0 Å². The molecule has 0 spiro atoms. The summed E-state index contributed by atoms with van der Waals surface area (Å²) >= 11 is 0. The van der Waals surface area contributed by atoms with Gasteiger partial charge in [0.2, 0.25) is 0 Å². The molecule has 0 rings (SSSR count). The van der Waals surface area contributed by atoms with Crippen molar-refractivity contribution in [2.75, 3.05) is 19.8 Å². The van der Waals surface area contributed by atoms with Gasteiger partial charge in [-0.25, -0.2) is 0 Å². The highest BCUT2D eigenvalue weighted by atomic mass is 28.3. The maximum absolute atomic E-state index is 2.48. The molecule has 78 valence electrons. The molecule has 0 amide bonds. The van der Waals surface area contributed by atoms with Crippen LogP contribution < -0.4 is 0 Å². The molecule has 1 nitrogen and oxygen atoms in total. The number of rotatable bonds is 6. The first-order valence-corrected chi connectivity index (χ1v) is 8.73. The Hall–Kier alpha value is -0.0831. The van der Waals surface area contributed by atoms with E-state index in [1.807, 2.05) is 0 Å². The first kappa shape index (κ1) is 12.9. The van der Waals surface area contributed by atoms with Crippen LogP contribution in [0.15, 0.2) is 12.2 Å². The fourth-order valence-electron chi connectivity index (χ4n) is 1.69. The number of hydrogen-bond donors (Lipinski definition) is 0. The fourth-order valence-corrected chi connectivity index (χ4v) is 4.32. The van der Waals surface area contributed by atoms with Gasteiger partial charge >= 0.3 is 0 Å². The summed E-state index contributed by atoms with van der Waals surface area (Å²) < 4.78 is 0. The van der Waals surface area contributed by atoms with Gasteiger partial charge in [-0.2, -0.15) is 0 Å². The third kappa shape index (κ3) is 7.02. The van der Waals surface area contributed by atoms with Crippen molar-refractivity contribution in [3.05, 3.63) is 12.2 Å². The Morgan fingerprint density at radius 2 is 1.92 bits per heavy atom. The van der Waals surface area contributed by atoms with Gasteiger partial charge in [-0.1, -0.05) is 32.2 Å². The Kier molecular flexibility index (Phi) is 6.34. The van der Waals surface area contributed by atoms with Crippen molar-refractivity contribution >= 4 is 8.07 Å². The van der Waals surface area contributed by atoms with Crippen molar-refractivity contribution in [1.82, 2.24) is 4.90 Å². The minimum absolute atomic E-state index is 0.985. The van der Waals surface area contributed by atoms with Gasteiger partial charge in [0.15, 0.2) is 0 Å². The predicted octanol–water partition coefficient (Wildman–Crippen LogP) is 3.15. The summed E-state index contributed by atoms with van der Waals surface area (Å²) in [7, 11) is 1.26. The van der Waals surface area contributed by atoms with E-state index in [-0.39, 0.29) is 0 Å². The number of hydrogen-bond acceptors (Lipinski definition) is 1. The number of allylic oxidation sites excluding steroid dienone is 2. The summed E-state index contributed by atoms with van der Waals surface area (Å²) in [4.78, 5) is 2.48. The second-order valence-electron chi connectivity index (χ2n) is 4.68. The monoisotopic (exact) mass is 199 g/mol. The molecule has 0 aromatic carbocycles. The van der Waals surface area contributed by atoms with E-state index >= 15 is 0 Å². The Balaban J connectivity index is 3.85. The van der Waals surface area contributed by atoms with Crippen LogP contribution in [0.2, 0.25) is 19.1 Å². The largest absolute Gasteiger partial charge is 0.309 e. The highest BCUT2D eigenvalue weighted by Gasteiger charge is 2.20. The smallest absolute Gasteiger partial charge is 0.0666 e. The summed E-state index contributed by atoms with van der Waals surface area (Å²) in [6.07, 6.45) is 7.09. The SMILES string of the molecule is CC=CC[Si](C)(C)CN(C)CCC. The molecule has 0 radical (unpaired) electrons. The second kappa shape index (κ2) is 6.38. The van der Waals surface area contributed by atoms with Crippen LogP contribution in [0.4, 0.5) is 0 Å². The van der Waals surface area contributed by atoms with E-state index < -0.39 is 8.07 Å². The van der Waals surface area contributed by atoms with E-state index in [9.17, 15) is 0 Å². The molecular weight excluding hydrogens is 174 g/mol. The van der Waals surface area contributed by atoms with Crippen molar-refractivity contribution in [3.8, 4) is 0 Å². The van der Waals surface area contributed by atoms with Gasteiger partial charge in [0.1, 0.15) is 0 Å². The molecular formula is C11H25NSi. The van der Waals surface area contributed by atoms with Crippen molar-refractivity contribution in [2.45, 2.75) is 39.4 Å². The lowest BCUT2D eigenvalue weighted by Crippen LogP contribution is -2.40. The fraction of sp³-hybridized carbons (Fsp3) is 0.818. The molecule has 0 aromatic rings. The molecule has 2 heteroatoms. The van der Waals surface area contributed by atoms with Crippen LogP contribution in [-0.4, -0.2) is 32.7 Å². The zero-order valence-corrected chi connectivity index (χ0v) is 10.9. The highest BCUT2D eigenvalue weighted by Crippen LogP contribution is 2.11. The molecule has 0 aliphatic heterocycles. The van der Waals surface area contributed by atoms with Crippen molar-refractivity contribution in [2.24, 2.45) is 0 Å². The maximum Gasteiger partial charge on any atom is 0.0666 e. The van der Waals surface area contributed by atoms with E-state index in [0.717, 1.165) is 0 Å². The zero-order chi connectivity index (χ0) is 10.3. The average Bonchev–Trinajstić information content (AvgIpc) is 2.00. The summed E-state index contributed by atoms with van der Waals surface area (Å²) in [6.45, 7) is 10.5. The van der Waals surface area contributed by atoms with Gasteiger partial charge in [0.25, 0.3) is 0 Å². The molecule has 0 unspecified atom stereocenters. The molecule has 13 heavy (non-hydrogen) atoms. The minimum atomic E-state index is -0.985. The molecule has 0 aliphatic carbocycles. The predicted molar refractivity (Wildman–Crippen MR) is 64.9 cm³/mol.